The molecule has 0 aromatic heterocycles. The average molecular weight is 371 g/mol. The lowest BCUT2D eigenvalue weighted by atomic mass is 9.82. The summed E-state index contributed by atoms with van der Waals surface area (Å²) in [7, 11) is 0. The van der Waals surface area contributed by atoms with Gasteiger partial charge < -0.3 is 15.7 Å². The number of carbonyl (C=O) groups excluding carboxylic acids is 1. The summed E-state index contributed by atoms with van der Waals surface area (Å²) in [5, 5.41) is 9.80. The first-order chi connectivity index (χ1) is 13.0. The van der Waals surface area contributed by atoms with E-state index in [4.69, 9.17) is 5.73 Å². The molecule has 148 valence electrons. The molecule has 1 aromatic carbocycles. The van der Waals surface area contributed by atoms with Crippen molar-refractivity contribution >= 4 is 5.91 Å². The van der Waals surface area contributed by atoms with E-state index in [1.807, 2.05) is 18.2 Å². The largest absolute Gasteiger partial charge is 0.396 e. The SMILES string of the molecule is CCC1(c2cccc(C(N)=O)c2)C2CN(CCCC3(CO)CCCC3)CC21. The minimum Gasteiger partial charge on any atom is -0.396 e. The second-order valence-electron chi connectivity index (χ2n) is 9.28. The summed E-state index contributed by atoms with van der Waals surface area (Å²) in [5.41, 5.74) is 7.91. The fourth-order valence-corrected chi connectivity index (χ4v) is 6.41. The molecule has 2 atom stereocenters. The molecule has 2 saturated carbocycles. The van der Waals surface area contributed by atoms with Gasteiger partial charge in [0.05, 0.1) is 0 Å². The molecule has 2 aliphatic carbocycles. The van der Waals surface area contributed by atoms with Gasteiger partial charge in [-0.3, -0.25) is 4.79 Å². The summed E-state index contributed by atoms with van der Waals surface area (Å²) in [6, 6.07) is 8.01. The van der Waals surface area contributed by atoms with Crippen LogP contribution < -0.4 is 5.73 Å². The van der Waals surface area contributed by atoms with Gasteiger partial charge in [-0.05, 0) is 73.6 Å². The Morgan fingerprint density at radius 2 is 1.96 bits per heavy atom. The zero-order valence-electron chi connectivity index (χ0n) is 16.6. The number of aliphatic hydroxyl groups is 1. The molecular weight excluding hydrogens is 336 g/mol. The number of piperidine rings is 1. The fourth-order valence-electron chi connectivity index (χ4n) is 6.41. The summed E-state index contributed by atoms with van der Waals surface area (Å²) < 4.78 is 0. The first-order valence-electron chi connectivity index (χ1n) is 10.8. The number of benzene rings is 1. The van der Waals surface area contributed by atoms with Crippen LogP contribution in [0.4, 0.5) is 0 Å². The van der Waals surface area contributed by atoms with E-state index in [9.17, 15) is 9.90 Å². The molecule has 1 aromatic rings. The molecule has 0 radical (unpaired) electrons. The quantitative estimate of drug-likeness (QED) is 0.738. The molecule has 3 N–H and O–H groups in total. The average Bonchev–Trinajstić information content (AvgIpc) is 3.04. The van der Waals surface area contributed by atoms with Crippen molar-refractivity contribution in [3.63, 3.8) is 0 Å². The molecule has 3 aliphatic rings. The minimum absolute atomic E-state index is 0.227. The number of rotatable bonds is 8. The second kappa shape index (κ2) is 7.21. The molecule has 27 heavy (non-hydrogen) atoms. The van der Waals surface area contributed by atoms with E-state index in [0.717, 1.165) is 13.0 Å². The van der Waals surface area contributed by atoms with Crippen LogP contribution in [-0.4, -0.2) is 42.2 Å². The Balaban J connectivity index is 1.34. The number of carbonyl (C=O) groups is 1. The van der Waals surface area contributed by atoms with Crippen molar-refractivity contribution in [3.05, 3.63) is 35.4 Å². The highest BCUT2D eigenvalue weighted by molar-refractivity contribution is 5.93. The predicted molar refractivity (Wildman–Crippen MR) is 108 cm³/mol. The fraction of sp³-hybridized carbons (Fsp3) is 0.696. The van der Waals surface area contributed by atoms with Gasteiger partial charge in [-0.25, -0.2) is 0 Å². The molecule has 2 unspecified atom stereocenters. The zero-order valence-corrected chi connectivity index (χ0v) is 16.6. The van der Waals surface area contributed by atoms with Crippen molar-refractivity contribution in [1.82, 2.24) is 4.90 Å². The van der Waals surface area contributed by atoms with E-state index in [-0.39, 0.29) is 16.7 Å². The lowest BCUT2D eigenvalue weighted by Gasteiger charge is -2.29. The van der Waals surface area contributed by atoms with Gasteiger partial charge in [-0.2, -0.15) is 0 Å². The molecule has 1 aliphatic heterocycles. The molecule has 3 fully saturated rings. The lowest BCUT2D eigenvalue weighted by Crippen LogP contribution is -2.32. The van der Waals surface area contributed by atoms with Crippen LogP contribution in [0.3, 0.4) is 0 Å². The number of nitrogens with zero attached hydrogens (tertiary/aromatic N) is 1. The van der Waals surface area contributed by atoms with E-state index < -0.39 is 0 Å². The summed E-state index contributed by atoms with van der Waals surface area (Å²) in [6.07, 6.45) is 8.51. The molecule has 1 saturated heterocycles. The van der Waals surface area contributed by atoms with Crippen LogP contribution in [0, 0.1) is 17.3 Å². The van der Waals surface area contributed by atoms with Gasteiger partial charge >= 0.3 is 0 Å². The number of primary amides is 1. The molecule has 1 amide bonds. The van der Waals surface area contributed by atoms with Crippen LogP contribution in [0.15, 0.2) is 24.3 Å². The Bertz CT molecular complexity index is 683. The minimum atomic E-state index is -0.333. The highest BCUT2D eigenvalue weighted by atomic mass is 16.3. The maximum absolute atomic E-state index is 11.6. The molecule has 0 spiro atoms. The highest BCUT2D eigenvalue weighted by Crippen LogP contribution is 2.65. The number of hydrogen-bond donors (Lipinski definition) is 2. The van der Waals surface area contributed by atoms with Crippen LogP contribution in [0.1, 0.15) is 67.8 Å². The standard InChI is InChI=1S/C23H34N2O2/c1-2-23(18-8-5-7-17(13-18)21(24)27)19-14-25(15-20(19)23)12-6-11-22(16-26)9-3-4-10-22/h5,7-8,13,19-20,26H,2-4,6,9-12,14-16H2,1H3,(H2,24,27). The van der Waals surface area contributed by atoms with Crippen molar-refractivity contribution in [2.75, 3.05) is 26.2 Å². The molecule has 1 heterocycles. The van der Waals surface area contributed by atoms with Crippen LogP contribution in [0.2, 0.25) is 0 Å². The van der Waals surface area contributed by atoms with Crippen molar-refractivity contribution < 1.29 is 9.90 Å². The highest BCUT2D eigenvalue weighted by Gasteiger charge is 2.67. The summed E-state index contributed by atoms with van der Waals surface area (Å²) >= 11 is 0. The van der Waals surface area contributed by atoms with Gasteiger partial charge in [0.25, 0.3) is 0 Å². The Morgan fingerprint density at radius 1 is 1.26 bits per heavy atom. The number of fused-ring (bicyclic) bond motifs is 1. The van der Waals surface area contributed by atoms with Crippen molar-refractivity contribution in [3.8, 4) is 0 Å². The van der Waals surface area contributed by atoms with E-state index in [2.05, 4.69) is 17.9 Å². The number of likely N-dealkylation sites (tertiary alicyclic amines) is 1. The first kappa shape index (κ1) is 18.9. The van der Waals surface area contributed by atoms with E-state index in [1.54, 1.807) is 0 Å². The first-order valence-corrected chi connectivity index (χ1v) is 10.8. The van der Waals surface area contributed by atoms with Crippen LogP contribution >= 0.6 is 0 Å². The lowest BCUT2D eigenvalue weighted by molar-refractivity contribution is 0.1000. The van der Waals surface area contributed by atoms with Crippen molar-refractivity contribution in [2.24, 2.45) is 23.0 Å². The number of amides is 1. The Hall–Kier alpha value is -1.39. The monoisotopic (exact) mass is 370 g/mol. The molecule has 4 rings (SSSR count). The van der Waals surface area contributed by atoms with Gasteiger partial charge in [-0.1, -0.05) is 31.9 Å². The number of aliphatic hydroxyl groups excluding tert-OH is 1. The third-order valence-electron chi connectivity index (χ3n) is 8.06. The van der Waals surface area contributed by atoms with E-state index in [1.165, 1.54) is 57.2 Å². The number of hydrogen-bond acceptors (Lipinski definition) is 3. The second-order valence-corrected chi connectivity index (χ2v) is 9.28. The Morgan fingerprint density at radius 3 is 2.56 bits per heavy atom. The van der Waals surface area contributed by atoms with Gasteiger partial charge in [0.15, 0.2) is 0 Å². The zero-order chi connectivity index (χ0) is 19.1. The maximum atomic E-state index is 11.6. The molecular formula is C23H34N2O2. The maximum Gasteiger partial charge on any atom is 0.248 e. The predicted octanol–water partition coefficient (Wildman–Crippen LogP) is 3.33. The number of nitrogens with two attached hydrogens (primary N) is 1. The molecule has 4 nitrogen and oxygen atoms in total. The van der Waals surface area contributed by atoms with E-state index >= 15 is 0 Å². The van der Waals surface area contributed by atoms with E-state index in [0.29, 0.717) is 24.0 Å². The summed E-state index contributed by atoms with van der Waals surface area (Å²) in [4.78, 5) is 14.2. The van der Waals surface area contributed by atoms with Crippen molar-refractivity contribution in [1.29, 1.82) is 0 Å². The van der Waals surface area contributed by atoms with Gasteiger partial charge in [0.1, 0.15) is 0 Å². The molecule has 4 heteroatoms. The smallest absolute Gasteiger partial charge is 0.248 e. The summed E-state index contributed by atoms with van der Waals surface area (Å²) in [6.45, 7) is 6.16. The van der Waals surface area contributed by atoms with Gasteiger partial charge in [0.2, 0.25) is 5.91 Å². The van der Waals surface area contributed by atoms with Crippen LogP contribution in [0.5, 0.6) is 0 Å². The third kappa shape index (κ3) is 3.21. The van der Waals surface area contributed by atoms with Gasteiger partial charge in [-0.15, -0.1) is 0 Å². The Labute approximate surface area is 163 Å². The van der Waals surface area contributed by atoms with Crippen molar-refractivity contribution in [2.45, 2.75) is 57.3 Å². The Kier molecular flexibility index (Phi) is 5.06. The van der Waals surface area contributed by atoms with Crippen LogP contribution in [0.25, 0.3) is 0 Å². The molecule has 0 bridgehead atoms. The van der Waals surface area contributed by atoms with Crippen LogP contribution in [-0.2, 0) is 5.41 Å². The summed E-state index contributed by atoms with van der Waals surface area (Å²) in [5.74, 6) is 1.09. The third-order valence-corrected chi connectivity index (χ3v) is 8.06. The van der Waals surface area contributed by atoms with Gasteiger partial charge in [0, 0.05) is 30.7 Å². The topological polar surface area (TPSA) is 66.6 Å². The normalized spacial score (nSPS) is 31.8.